The van der Waals surface area contributed by atoms with Crippen LogP contribution in [0.1, 0.15) is 19.8 Å². The Bertz CT molecular complexity index is 260. The molecular weight excluding hydrogens is 200 g/mol. The van der Waals surface area contributed by atoms with Crippen LogP contribution in [0.25, 0.3) is 0 Å². The van der Waals surface area contributed by atoms with Gasteiger partial charge in [0, 0.05) is 13.0 Å². The van der Waals surface area contributed by atoms with Gasteiger partial charge in [0.1, 0.15) is 6.54 Å². The van der Waals surface area contributed by atoms with Crippen molar-refractivity contribution < 1.29 is 13.7 Å². The minimum Gasteiger partial charge on any atom is -0.308 e. The van der Waals surface area contributed by atoms with E-state index in [0.717, 1.165) is 19.5 Å². The second kappa shape index (κ2) is 3.82. The highest BCUT2D eigenvalue weighted by Crippen LogP contribution is 2.32. The molecule has 78 valence electrons. The maximum Gasteiger partial charge on any atom is 0.227 e. The highest BCUT2D eigenvalue weighted by molar-refractivity contribution is 7.96. The molecule has 2 aliphatic heterocycles. The van der Waals surface area contributed by atoms with Gasteiger partial charge in [-0.05, 0) is 13.3 Å². The maximum absolute atomic E-state index is 11.5. The van der Waals surface area contributed by atoms with Gasteiger partial charge in [0.05, 0.1) is 5.41 Å². The van der Waals surface area contributed by atoms with Crippen molar-refractivity contribution in [1.29, 1.82) is 0 Å². The van der Waals surface area contributed by atoms with Gasteiger partial charge < -0.3 is 4.84 Å². The van der Waals surface area contributed by atoms with Crippen LogP contribution in [0.5, 0.6) is 0 Å². The first-order valence-electron chi connectivity index (χ1n) is 4.92. The fraction of sp³-hybridized carbons (Fsp3) is 0.667. The van der Waals surface area contributed by atoms with Gasteiger partial charge in [0.15, 0.2) is 18.2 Å². The van der Waals surface area contributed by atoms with E-state index in [4.69, 9.17) is 4.84 Å². The van der Waals surface area contributed by atoms with Crippen LogP contribution in [0.15, 0.2) is 11.7 Å². The summed E-state index contributed by atoms with van der Waals surface area (Å²) in [5.74, 6) is 0.257. The first kappa shape index (κ1) is 9.86. The van der Waals surface area contributed by atoms with Crippen molar-refractivity contribution in [3.63, 3.8) is 0 Å². The zero-order chi connectivity index (χ0) is 10.0. The summed E-state index contributed by atoms with van der Waals surface area (Å²) in [6, 6.07) is 0. The lowest BCUT2D eigenvalue weighted by atomic mass is 10.4. The summed E-state index contributed by atoms with van der Waals surface area (Å²) in [6.45, 7) is 4.47. The summed E-state index contributed by atoms with van der Waals surface area (Å²) in [7, 11) is 0. The molecule has 0 aromatic rings. The fourth-order valence-corrected chi connectivity index (χ4v) is 2.50. The lowest BCUT2D eigenvalue weighted by Gasteiger charge is -2.29. The molecule has 0 radical (unpaired) electrons. The van der Waals surface area contributed by atoms with E-state index in [1.54, 1.807) is 18.2 Å². The van der Waals surface area contributed by atoms with Crippen molar-refractivity contribution in [2.45, 2.75) is 19.8 Å². The average Bonchev–Trinajstić information content (AvgIpc) is 2.79. The molecule has 0 bridgehead atoms. The predicted octanol–water partition coefficient (Wildman–Crippen LogP) is 1.47. The fourth-order valence-electron chi connectivity index (χ4n) is 1.73. The highest BCUT2D eigenvalue weighted by atomic mass is 32.2. The number of hydrogen-bond donors (Lipinski definition) is 0. The van der Waals surface area contributed by atoms with E-state index in [0.29, 0.717) is 17.1 Å². The molecule has 0 spiro atoms. The molecule has 0 saturated carbocycles. The lowest BCUT2D eigenvalue weighted by Crippen LogP contribution is -2.47. The van der Waals surface area contributed by atoms with Crippen LogP contribution in [-0.2, 0) is 9.63 Å². The van der Waals surface area contributed by atoms with E-state index in [1.165, 1.54) is 0 Å². The summed E-state index contributed by atoms with van der Waals surface area (Å²) >= 11 is 1.62. The first-order chi connectivity index (χ1) is 6.76. The third-order valence-corrected chi connectivity index (χ3v) is 3.68. The Kier molecular flexibility index (Phi) is 2.69. The van der Waals surface area contributed by atoms with Crippen molar-refractivity contribution in [2.75, 3.05) is 19.8 Å². The Morgan fingerprint density at radius 3 is 3.07 bits per heavy atom. The summed E-state index contributed by atoms with van der Waals surface area (Å²) in [6.07, 6.45) is 3.39. The number of carbonyl (C=O) groups excluding carboxylic acids is 1. The van der Waals surface area contributed by atoms with E-state index in [-0.39, 0.29) is 5.91 Å². The molecule has 2 aliphatic rings. The van der Waals surface area contributed by atoms with Crippen LogP contribution < -0.4 is 0 Å². The number of likely N-dealkylation sites (tertiary alicyclic amines) is 1. The summed E-state index contributed by atoms with van der Waals surface area (Å²) < 4.78 is 0.464. The van der Waals surface area contributed by atoms with Gasteiger partial charge in [-0.25, -0.2) is 0 Å². The molecule has 1 saturated heterocycles. The Morgan fingerprint density at radius 2 is 2.57 bits per heavy atom. The molecule has 1 atom stereocenters. The van der Waals surface area contributed by atoms with E-state index in [1.807, 2.05) is 10.3 Å². The molecule has 5 heteroatoms. The second-order valence-corrected chi connectivity index (χ2v) is 4.66. The lowest BCUT2D eigenvalue weighted by molar-refractivity contribution is -0.987. The third-order valence-electron chi connectivity index (χ3n) is 2.60. The number of nitrogens with zero attached hydrogens (tertiary/aromatic N) is 2. The molecule has 1 fully saturated rings. The molecule has 2 rings (SSSR count). The number of rotatable bonds is 3. The van der Waals surface area contributed by atoms with Gasteiger partial charge >= 0.3 is 0 Å². The quantitative estimate of drug-likeness (QED) is 0.527. The van der Waals surface area contributed by atoms with Crippen molar-refractivity contribution in [3.8, 4) is 0 Å². The summed E-state index contributed by atoms with van der Waals surface area (Å²) in [5, 5.41) is 1.93. The zero-order valence-electron chi connectivity index (χ0n) is 8.31. The molecule has 1 amide bonds. The summed E-state index contributed by atoms with van der Waals surface area (Å²) in [5.41, 5.74) is 0. The minimum absolute atomic E-state index is 0.257. The zero-order valence-corrected chi connectivity index (χ0v) is 9.13. The molecule has 2 heterocycles. The monoisotopic (exact) mass is 215 g/mol. The second-order valence-electron chi connectivity index (χ2n) is 3.52. The van der Waals surface area contributed by atoms with Gasteiger partial charge in [-0.1, -0.05) is 4.05 Å². The number of hydrogen-bond acceptors (Lipinski definition) is 3. The highest BCUT2D eigenvalue weighted by Gasteiger charge is 2.38. The smallest absolute Gasteiger partial charge is 0.227 e. The Balaban J connectivity index is 1.97. The Hall–Kier alpha value is -0.680. The maximum atomic E-state index is 11.5. The molecule has 0 aromatic heterocycles. The predicted molar refractivity (Wildman–Crippen MR) is 54.4 cm³/mol. The largest absolute Gasteiger partial charge is 0.308 e. The number of carbonyl (C=O) groups is 1. The standard InChI is InChI=1S/C9H15N2O2S/c1-2-11(13-6-7-14-11)8-10-5-3-4-9(10)12/h6-7H,2-5,8H2,1H3/q+1. The number of amides is 1. The van der Waals surface area contributed by atoms with Crippen LogP contribution >= 0.6 is 11.9 Å². The van der Waals surface area contributed by atoms with E-state index < -0.39 is 0 Å². The minimum atomic E-state index is 0.257. The topological polar surface area (TPSA) is 29.5 Å². The van der Waals surface area contributed by atoms with E-state index >= 15 is 0 Å². The molecule has 4 nitrogen and oxygen atoms in total. The first-order valence-corrected chi connectivity index (χ1v) is 5.76. The van der Waals surface area contributed by atoms with Crippen LogP contribution in [-0.4, -0.2) is 34.6 Å². The molecular formula is C9H15N2O2S+. The molecule has 14 heavy (non-hydrogen) atoms. The van der Waals surface area contributed by atoms with Crippen LogP contribution in [0, 0.1) is 0 Å². The van der Waals surface area contributed by atoms with Crippen molar-refractivity contribution in [3.05, 3.63) is 11.7 Å². The van der Waals surface area contributed by atoms with Crippen LogP contribution in [0.2, 0.25) is 0 Å². The van der Waals surface area contributed by atoms with Crippen molar-refractivity contribution in [1.82, 2.24) is 4.90 Å². The van der Waals surface area contributed by atoms with Crippen molar-refractivity contribution >= 4 is 17.9 Å². The SMILES string of the molecule is CC[N+]1(CN2CCCC2=O)OC=CS1. The number of quaternary nitrogens is 1. The molecule has 1 unspecified atom stereocenters. The van der Waals surface area contributed by atoms with Gasteiger partial charge in [-0.3, -0.25) is 9.69 Å². The average molecular weight is 215 g/mol. The van der Waals surface area contributed by atoms with Crippen molar-refractivity contribution in [2.24, 2.45) is 0 Å². The Labute approximate surface area is 88.2 Å². The third kappa shape index (κ3) is 1.74. The van der Waals surface area contributed by atoms with Gasteiger partial charge in [0.25, 0.3) is 0 Å². The van der Waals surface area contributed by atoms with Gasteiger partial charge in [0.2, 0.25) is 12.6 Å². The van der Waals surface area contributed by atoms with E-state index in [9.17, 15) is 4.79 Å². The molecule has 0 N–H and O–H groups in total. The molecule has 0 aliphatic carbocycles. The normalized spacial score (nSPS) is 31.2. The van der Waals surface area contributed by atoms with Crippen LogP contribution in [0.4, 0.5) is 0 Å². The van der Waals surface area contributed by atoms with Gasteiger partial charge in [-0.2, -0.15) is 0 Å². The van der Waals surface area contributed by atoms with Gasteiger partial charge in [-0.15, -0.1) is 0 Å². The Morgan fingerprint density at radius 1 is 1.71 bits per heavy atom. The summed E-state index contributed by atoms with van der Waals surface area (Å²) in [4.78, 5) is 18.9. The number of hydroxylamine groups is 2. The van der Waals surface area contributed by atoms with Crippen LogP contribution in [0.3, 0.4) is 0 Å². The molecule has 0 aromatic carbocycles. The van der Waals surface area contributed by atoms with E-state index in [2.05, 4.69) is 6.92 Å².